The SMILES string of the molecule is COc1c(C)c(C)cc(C)c1CNO. The standard InChI is InChI=1S/C11H17NO2/c1-7-5-8(2)10(6-12-13)11(14-4)9(7)3/h5,12-13H,6H2,1-4H3. The van der Waals surface area contributed by atoms with E-state index in [0.717, 1.165) is 22.4 Å². The summed E-state index contributed by atoms with van der Waals surface area (Å²) in [7, 11) is 1.65. The van der Waals surface area contributed by atoms with Crippen LogP contribution in [0.3, 0.4) is 0 Å². The Kier molecular flexibility index (Phi) is 3.49. The van der Waals surface area contributed by atoms with E-state index in [4.69, 9.17) is 9.94 Å². The van der Waals surface area contributed by atoms with Crippen molar-refractivity contribution in [1.29, 1.82) is 0 Å². The third kappa shape index (κ3) is 1.89. The van der Waals surface area contributed by atoms with E-state index < -0.39 is 0 Å². The van der Waals surface area contributed by atoms with Gasteiger partial charge in [0.25, 0.3) is 0 Å². The lowest BCUT2D eigenvalue weighted by Gasteiger charge is -2.15. The molecular formula is C11H17NO2. The van der Waals surface area contributed by atoms with Gasteiger partial charge in [-0.05, 0) is 37.5 Å². The fraction of sp³-hybridized carbons (Fsp3) is 0.455. The molecule has 0 heterocycles. The number of methoxy groups -OCH3 is 1. The molecule has 0 aliphatic carbocycles. The molecule has 0 aliphatic rings. The van der Waals surface area contributed by atoms with E-state index in [1.165, 1.54) is 5.56 Å². The lowest BCUT2D eigenvalue weighted by Crippen LogP contribution is -2.10. The van der Waals surface area contributed by atoms with Gasteiger partial charge in [-0.1, -0.05) is 6.07 Å². The molecule has 0 aliphatic heterocycles. The van der Waals surface area contributed by atoms with Crippen LogP contribution in [0.5, 0.6) is 5.75 Å². The zero-order chi connectivity index (χ0) is 10.7. The fourth-order valence-corrected chi connectivity index (χ4v) is 1.68. The van der Waals surface area contributed by atoms with Gasteiger partial charge in [-0.25, -0.2) is 5.48 Å². The average molecular weight is 195 g/mol. The van der Waals surface area contributed by atoms with Gasteiger partial charge in [-0.15, -0.1) is 0 Å². The minimum Gasteiger partial charge on any atom is -0.496 e. The topological polar surface area (TPSA) is 41.5 Å². The minimum atomic E-state index is 0.413. The highest BCUT2D eigenvalue weighted by Crippen LogP contribution is 2.29. The molecule has 0 saturated carbocycles. The molecule has 0 aromatic heterocycles. The van der Waals surface area contributed by atoms with Gasteiger partial charge in [0.2, 0.25) is 0 Å². The third-order valence-corrected chi connectivity index (χ3v) is 2.58. The predicted molar refractivity (Wildman–Crippen MR) is 55.8 cm³/mol. The normalized spacial score (nSPS) is 10.4. The van der Waals surface area contributed by atoms with Gasteiger partial charge in [0, 0.05) is 12.1 Å². The quantitative estimate of drug-likeness (QED) is 0.726. The zero-order valence-corrected chi connectivity index (χ0v) is 9.14. The lowest BCUT2D eigenvalue weighted by molar-refractivity contribution is 0.160. The van der Waals surface area contributed by atoms with Crippen molar-refractivity contribution < 1.29 is 9.94 Å². The molecule has 2 N–H and O–H groups in total. The van der Waals surface area contributed by atoms with Gasteiger partial charge >= 0.3 is 0 Å². The van der Waals surface area contributed by atoms with Gasteiger partial charge in [-0.3, -0.25) is 0 Å². The highest BCUT2D eigenvalue weighted by atomic mass is 16.5. The first-order chi connectivity index (χ1) is 6.61. The Labute approximate surface area is 84.7 Å². The molecule has 0 fully saturated rings. The van der Waals surface area contributed by atoms with E-state index in [9.17, 15) is 0 Å². The molecule has 0 atom stereocenters. The van der Waals surface area contributed by atoms with E-state index in [0.29, 0.717) is 6.54 Å². The molecule has 3 nitrogen and oxygen atoms in total. The summed E-state index contributed by atoms with van der Waals surface area (Å²) >= 11 is 0. The number of hydroxylamine groups is 1. The van der Waals surface area contributed by atoms with Crippen LogP contribution in [0, 0.1) is 20.8 Å². The van der Waals surface area contributed by atoms with Crippen molar-refractivity contribution >= 4 is 0 Å². The van der Waals surface area contributed by atoms with Crippen molar-refractivity contribution in [3.05, 3.63) is 28.3 Å². The van der Waals surface area contributed by atoms with Crippen LogP contribution in [0.2, 0.25) is 0 Å². The van der Waals surface area contributed by atoms with Crippen LogP contribution in [-0.2, 0) is 6.54 Å². The Balaban J connectivity index is 3.31. The van der Waals surface area contributed by atoms with Crippen LogP contribution in [-0.4, -0.2) is 12.3 Å². The highest BCUT2D eigenvalue weighted by Gasteiger charge is 2.11. The maximum Gasteiger partial charge on any atom is 0.126 e. The van der Waals surface area contributed by atoms with E-state index in [-0.39, 0.29) is 0 Å². The molecule has 0 saturated heterocycles. The summed E-state index contributed by atoms with van der Waals surface area (Å²) in [6, 6.07) is 2.10. The molecule has 14 heavy (non-hydrogen) atoms. The summed E-state index contributed by atoms with van der Waals surface area (Å²) in [5.41, 5.74) is 6.65. The summed E-state index contributed by atoms with van der Waals surface area (Å²) in [5, 5.41) is 8.72. The Morgan fingerprint density at radius 2 is 1.93 bits per heavy atom. The van der Waals surface area contributed by atoms with Gasteiger partial charge in [0.05, 0.1) is 7.11 Å². The van der Waals surface area contributed by atoms with Crippen molar-refractivity contribution in [1.82, 2.24) is 5.48 Å². The molecule has 0 unspecified atom stereocenters. The van der Waals surface area contributed by atoms with E-state index in [1.807, 2.05) is 13.8 Å². The number of hydrogen-bond acceptors (Lipinski definition) is 3. The summed E-state index contributed by atoms with van der Waals surface area (Å²) in [6.45, 7) is 6.51. The van der Waals surface area contributed by atoms with Crippen molar-refractivity contribution in [3.63, 3.8) is 0 Å². The maximum absolute atomic E-state index is 8.72. The van der Waals surface area contributed by atoms with E-state index in [2.05, 4.69) is 18.5 Å². The molecule has 1 rings (SSSR count). The molecule has 0 spiro atoms. The maximum atomic E-state index is 8.72. The molecule has 1 aromatic rings. The van der Waals surface area contributed by atoms with Crippen LogP contribution in [0.4, 0.5) is 0 Å². The van der Waals surface area contributed by atoms with Gasteiger partial charge in [0.1, 0.15) is 5.75 Å². The summed E-state index contributed by atoms with van der Waals surface area (Å²) < 4.78 is 5.34. The first kappa shape index (κ1) is 11.0. The molecular weight excluding hydrogens is 178 g/mol. The smallest absolute Gasteiger partial charge is 0.126 e. The minimum absolute atomic E-state index is 0.413. The van der Waals surface area contributed by atoms with Crippen molar-refractivity contribution in [2.45, 2.75) is 27.3 Å². The Hall–Kier alpha value is -1.06. The summed E-state index contributed by atoms with van der Waals surface area (Å²) in [4.78, 5) is 0. The lowest BCUT2D eigenvalue weighted by atomic mass is 9.99. The van der Waals surface area contributed by atoms with Crippen LogP contribution < -0.4 is 10.2 Å². The molecule has 1 aromatic carbocycles. The van der Waals surface area contributed by atoms with Crippen LogP contribution in [0.1, 0.15) is 22.3 Å². The van der Waals surface area contributed by atoms with Crippen LogP contribution in [0.15, 0.2) is 6.07 Å². The van der Waals surface area contributed by atoms with Crippen LogP contribution in [0.25, 0.3) is 0 Å². The second kappa shape index (κ2) is 4.44. The fourth-order valence-electron chi connectivity index (χ4n) is 1.68. The molecule has 0 radical (unpaired) electrons. The number of rotatable bonds is 3. The van der Waals surface area contributed by atoms with Gasteiger partial charge in [-0.2, -0.15) is 0 Å². The first-order valence-corrected chi connectivity index (χ1v) is 4.62. The predicted octanol–water partition coefficient (Wildman–Crippen LogP) is 2.10. The Bertz CT molecular complexity index is 335. The number of hydrogen-bond donors (Lipinski definition) is 2. The number of benzene rings is 1. The molecule has 0 bridgehead atoms. The summed E-state index contributed by atoms with van der Waals surface area (Å²) in [6.07, 6.45) is 0. The van der Waals surface area contributed by atoms with Crippen molar-refractivity contribution in [2.24, 2.45) is 0 Å². The van der Waals surface area contributed by atoms with Gasteiger partial charge < -0.3 is 9.94 Å². The Morgan fingerprint density at radius 3 is 2.43 bits per heavy atom. The second-order valence-corrected chi connectivity index (χ2v) is 3.48. The number of aryl methyl sites for hydroxylation is 2. The summed E-state index contributed by atoms with van der Waals surface area (Å²) in [5.74, 6) is 0.865. The van der Waals surface area contributed by atoms with E-state index >= 15 is 0 Å². The molecule has 78 valence electrons. The van der Waals surface area contributed by atoms with Crippen molar-refractivity contribution in [2.75, 3.05) is 7.11 Å². The average Bonchev–Trinajstić information content (AvgIpc) is 2.15. The number of ether oxygens (including phenoxy) is 1. The number of nitrogens with one attached hydrogen (secondary N) is 1. The molecule has 0 amide bonds. The highest BCUT2D eigenvalue weighted by molar-refractivity contribution is 5.49. The monoisotopic (exact) mass is 195 g/mol. The van der Waals surface area contributed by atoms with Crippen LogP contribution >= 0.6 is 0 Å². The largest absolute Gasteiger partial charge is 0.496 e. The third-order valence-electron chi connectivity index (χ3n) is 2.58. The van der Waals surface area contributed by atoms with E-state index in [1.54, 1.807) is 7.11 Å². The first-order valence-electron chi connectivity index (χ1n) is 4.62. The van der Waals surface area contributed by atoms with Crippen molar-refractivity contribution in [3.8, 4) is 5.75 Å². The Morgan fingerprint density at radius 1 is 1.29 bits per heavy atom. The second-order valence-electron chi connectivity index (χ2n) is 3.48. The molecule has 3 heteroatoms. The zero-order valence-electron chi connectivity index (χ0n) is 9.14. The van der Waals surface area contributed by atoms with Gasteiger partial charge in [0.15, 0.2) is 0 Å².